The van der Waals surface area contributed by atoms with Gasteiger partial charge in [0.05, 0.1) is 6.61 Å². The van der Waals surface area contributed by atoms with Crippen molar-refractivity contribution in [2.45, 2.75) is 32.5 Å². The van der Waals surface area contributed by atoms with Crippen LogP contribution in [0.15, 0.2) is 0 Å². The molecule has 0 rings (SSSR count). The molecule has 1 N–H and O–H groups in total. The number of aliphatic hydroxyl groups is 1. The summed E-state index contributed by atoms with van der Waals surface area (Å²) in [6, 6.07) is 0. The van der Waals surface area contributed by atoms with E-state index in [0.717, 1.165) is 32.5 Å². The molecule has 4 nitrogen and oxygen atoms in total. The quantitative estimate of drug-likeness (QED) is 0.430. The summed E-state index contributed by atoms with van der Waals surface area (Å²) in [5.41, 5.74) is 0. The minimum absolute atomic E-state index is 0.0944. The highest BCUT2D eigenvalue weighted by atomic mass is 16.7. The first-order valence-corrected chi connectivity index (χ1v) is 5.18. The lowest BCUT2D eigenvalue weighted by atomic mass is 10.3. The lowest BCUT2D eigenvalue weighted by Gasteiger charge is -2.12. The van der Waals surface area contributed by atoms with Crippen LogP contribution in [-0.2, 0) is 14.2 Å². The Hall–Kier alpha value is -0.160. The van der Waals surface area contributed by atoms with Crippen molar-refractivity contribution in [3.8, 4) is 0 Å². The van der Waals surface area contributed by atoms with Gasteiger partial charge in [0.15, 0.2) is 6.29 Å². The van der Waals surface area contributed by atoms with Gasteiger partial charge in [0, 0.05) is 26.9 Å². The summed E-state index contributed by atoms with van der Waals surface area (Å²) in [6.45, 7) is 4.22. The van der Waals surface area contributed by atoms with Gasteiger partial charge in [-0.2, -0.15) is 0 Å². The Morgan fingerprint density at radius 1 is 1.14 bits per heavy atom. The molecule has 0 fully saturated rings. The number of hydrogen-bond acceptors (Lipinski definition) is 4. The molecule has 0 bridgehead atoms. The van der Waals surface area contributed by atoms with E-state index in [4.69, 9.17) is 19.3 Å². The zero-order chi connectivity index (χ0) is 10.6. The van der Waals surface area contributed by atoms with Crippen LogP contribution >= 0.6 is 0 Å². The number of aliphatic hydroxyl groups excluding tert-OH is 1. The molecule has 0 aromatic heterocycles. The molecule has 0 aromatic carbocycles. The van der Waals surface area contributed by atoms with E-state index in [-0.39, 0.29) is 6.61 Å². The normalized spacial score (nSPS) is 13.1. The first-order valence-electron chi connectivity index (χ1n) is 5.18. The van der Waals surface area contributed by atoms with E-state index in [0.29, 0.717) is 6.61 Å². The fourth-order valence-corrected chi connectivity index (χ4v) is 0.963. The van der Waals surface area contributed by atoms with E-state index in [1.54, 1.807) is 0 Å². The highest BCUT2D eigenvalue weighted by molar-refractivity contribution is 4.41. The van der Waals surface area contributed by atoms with Crippen molar-refractivity contribution < 1.29 is 19.3 Å². The van der Waals surface area contributed by atoms with Crippen molar-refractivity contribution in [2.75, 3.05) is 33.5 Å². The monoisotopic (exact) mass is 206 g/mol. The summed E-state index contributed by atoms with van der Waals surface area (Å²) in [7, 11) is 1.52. The van der Waals surface area contributed by atoms with Gasteiger partial charge in [-0.15, -0.1) is 0 Å². The topological polar surface area (TPSA) is 47.9 Å². The minimum atomic E-state index is -0.480. The molecule has 1 atom stereocenters. The van der Waals surface area contributed by atoms with Gasteiger partial charge in [0.25, 0.3) is 0 Å². The third-order valence-electron chi connectivity index (χ3n) is 1.75. The number of hydrogen-bond donors (Lipinski definition) is 1. The molecule has 0 saturated heterocycles. The van der Waals surface area contributed by atoms with Gasteiger partial charge in [-0.05, 0) is 19.3 Å². The van der Waals surface area contributed by atoms with E-state index < -0.39 is 6.29 Å². The molecule has 14 heavy (non-hydrogen) atoms. The molecule has 86 valence electrons. The SMILES string of the molecule is CCCOCCCCOC(CO)OC. The Labute approximate surface area is 86.2 Å². The third-order valence-corrected chi connectivity index (χ3v) is 1.75. The van der Waals surface area contributed by atoms with Crippen molar-refractivity contribution in [1.29, 1.82) is 0 Å². The molecule has 0 heterocycles. The van der Waals surface area contributed by atoms with Gasteiger partial charge in [-0.3, -0.25) is 0 Å². The Morgan fingerprint density at radius 2 is 1.86 bits per heavy atom. The second-order valence-electron chi connectivity index (χ2n) is 3.04. The summed E-state index contributed by atoms with van der Waals surface area (Å²) in [6.07, 6.45) is 2.50. The predicted octanol–water partition coefficient (Wildman–Crippen LogP) is 1.17. The van der Waals surface area contributed by atoms with E-state index in [1.807, 2.05) is 0 Å². The molecule has 0 aliphatic rings. The summed E-state index contributed by atoms with van der Waals surface area (Å²) in [4.78, 5) is 0. The van der Waals surface area contributed by atoms with Crippen LogP contribution in [0.5, 0.6) is 0 Å². The van der Waals surface area contributed by atoms with Crippen molar-refractivity contribution in [1.82, 2.24) is 0 Å². The molecule has 0 aliphatic carbocycles. The summed E-state index contributed by atoms with van der Waals surface area (Å²) >= 11 is 0. The Bertz CT molecular complexity index is 104. The lowest BCUT2D eigenvalue weighted by Crippen LogP contribution is -2.20. The van der Waals surface area contributed by atoms with Gasteiger partial charge in [0.2, 0.25) is 0 Å². The van der Waals surface area contributed by atoms with E-state index in [1.165, 1.54) is 7.11 Å². The second-order valence-corrected chi connectivity index (χ2v) is 3.04. The Kier molecular flexibility index (Phi) is 10.8. The van der Waals surface area contributed by atoms with Crippen LogP contribution in [0.4, 0.5) is 0 Å². The number of rotatable bonds is 10. The molecule has 1 unspecified atom stereocenters. The maximum atomic E-state index is 8.72. The Balaban J connectivity index is 3.04. The molecular weight excluding hydrogens is 184 g/mol. The smallest absolute Gasteiger partial charge is 0.180 e. The summed E-state index contributed by atoms with van der Waals surface area (Å²) < 4.78 is 15.4. The average Bonchev–Trinajstić information content (AvgIpc) is 2.22. The van der Waals surface area contributed by atoms with E-state index >= 15 is 0 Å². The molecular formula is C10H22O4. The molecule has 0 aliphatic heterocycles. The van der Waals surface area contributed by atoms with Crippen molar-refractivity contribution >= 4 is 0 Å². The van der Waals surface area contributed by atoms with Crippen LogP contribution in [0, 0.1) is 0 Å². The molecule has 0 saturated carbocycles. The van der Waals surface area contributed by atoms with E-state index in [2.05, 4.69) is 6.92 Å². The highest BCUT2D eigenvalue weighted by Crippen LogP contribution is 1.96. The zero-order valence-corrected chi connectivity index (χ0v) is 9.20. The van der Waals surface area contributed by atoms with Crippen LogP contribution in [0.1, 0.15) is 26.2 Å². The van der Waals surface area contributed by atoms with Crippen LogP contribution in [0.3, 0.4) is 0 Å². The zero-order valence-electron chi connectivity index (χ0n) is 9.20. The second kappa shape index (κ2) is 10.9. The Morgan fingerprint density at radius 3 is 2.43 bits per heavy atom. The van der Waals surface area contributed by atoms with Gasteiger partial charge >= 0.3 is 0 Å². The van der Waals surface area contributed by atoms with Crippen molar-refractivity contribution in [3.63, 3.8) is 0 Å². The standard InChI is InChI=1S/C10H22O4/c1-3-6-13-7-4-5-8-14-10(9-11)12-2/h10-11H,3-9H2,1-2H3. The molecule has 0 spiro atoms. The molecule has 0 aromatic rings. The molecule has 0 amide bonds. The predicted molar refractivity (Wildman–Crippen MR) is 54.2 cm³/mol. The average molecular weight is 206 g/mol. The highest BCUT2D eigenvalue weighted by Gasteiger charge is 2.03. The fraction of sp³-hybridized carbons (Fsp3) is 1.00. The van der Waals surface area contributed by atoms with Crippen LogP contribution in [-0.4, -0.2) is 44.9 Å². The summed E-state index contributed by atoms with van der Waals surface area (Å²) in [5.74, 6) is 0. The third kappa shape index (κ3) is 8.44. The van der Waals surface area contributed by atoms with Gasteiger partial charge in [-0.1, -0.05) is 6.92 Å². The maximum Gasteiger partial charge on any atom is 0.180 e. The fourth-order valence-electron chi connectivity index (χ4n) is 0.963. The first kappa shape index (κ1) is 13.8. The number of ether oxygens (including phenoxy) is 3. The molecule has 0 radical (unpaired) electrons. The lowest BCUT2D eigenvalue weighted by molar-refractivity contribution is -0.146. The molecule has 4 heteroatoms. The number of unbranched alkanes of at least 4 members (excludes halogenated alkanes) is 1. The minimum Gasteiger partial charge on any atom is -0.391 e. The number of methoxy groups -OCH3 is 1. The van der Waals surface area contributed by atoms with Gasteiger partial charge in [0.1, 0.15) is 0 Å². The van der Waals surface area contributed by atoms with Crippen molar-refractivity contribution in [2.24, 2.45) is 0 Å². The van der Waals surface area contributed by atoms with Crippen LogP contribution < -0.4 is 0 Å². The van der Waals surface area contributed by atoms with Crippen LogP contribution in [0.2, 0.25) is 0 Å². The van der Waals surface area contributed by atoms with E-state index in [9.17, 15) is 0 Å². The summed E-state index contributed by atoms with van der Waals surface area (Å²) in [5, 5.41) is 8.72. The maximum absolute atomic E-state index is 8.72. The van der Waals surface area contributed by atoms with Crippen molar-refractivity contribution in [3.05, 3.63) is 0 Å². The first-order chi connectivity index (χ1) is 6.85. The van der Waals surface area contributed by atoms with Gasteiger partial charge in [-0.25, -0.2) is 0 Å². The largest absolute Gasteiger partial charge is 0.391 e. The van der Waals surface area contributed by atoms with Gasteiger partial charge < -0.3 is 19.3 Å². The van der Waals surface area contributed by atoms with Crippen LogP contribution in [0.25, 0.3) is 0 Å².